The lowest BCUT2D eigenvalue weighted by atomic mass is 10.2. The van der Waals surface area contributed by atoms with E-state index in [0.717, 1.165) is 24.2 Å². The Bertz CT molecular complexity index is 890. The molecule has 0 fully saturated rings. The van der Waals surface area contributed by atoms with E-state index in [0.29, 0.717) is 47.3 Å². The number of ether oxygens (including phenoxy) is 3. The van der Waals surface area contributed by atoms with Crippen LogP contribution in [0.5, 0.6) is 17.2 Å². The Morgan fingerprint density at radius 2 is 1.55 bits per heavy atom. The summed E-state index contributed by atoms with van der Waals surface area (Å²) in [6, 6.07) is 10.9. The fourth-order valence-corrected chi connectivity index (χ4v) is 3.17. The molecule has 0 saturated carbocycles. The number of hydrogen-bond donors (Lipinski definition) is 0. The topological polar surface area (TPSA) is 49.3 Å². The summed E-state index contributed by atoms with van der Waals surface area (Å²) in [6.45, 7) is 5.98. The van der Waals surface area contributed by atoms with E-state index in [9.17, 15) is 0 Å². The van der Waals surface area contributed by atoms with Gasteiger partial charge in [-0.2, -0.15) is 0 Å². The van der Waals surface area contributed by atoms with Gasteiger partial charge >= 0.3 is 0 Å². The minimum atomic E-state index is 0.130. The molecule has 0 heterocycles. The van der Waals surface area contributed by atoms with Gasteiger partial charge in [-0.25, -0.2) is 0 Å². The van der Waals surface area contributed by atoms with E-state index in [4.69, 9.17) is 65.5 Å². The number of hydrogen-bond acceptors (Lipinski definition) is 5. The highest BCUT2D eigenvalue weighted by molar-refractivity contribution is 6.55. The van der Waals surface area contributed by atoms with Crippen molar-refractivity contribution in [3.05, 3.63) is 62.6 Å². The Labute approximate surface area is 215 Å². The van der Waals surface area contributed by atoms with Crippen LogP contribution in [0.1, 0.15) is 32.3 Å². The van der Waals surface area contributed by atoms with E-state index in [1.165, 1.54) is 6.08 Å². The highest BCUT2D eigenvalue weighted by Crippen LogP contribution is 2.37. The molecule has 180 valence electrons. The molecule has 2 aromatic rings. The lowest BCUT2D eigenvalue weighted by molar-refractivity contribution is 0.120. The summed E-state index contributed by atoms with van der Waals surface area (Å²) >= 11 is 23.6. The minimum absolute atomic E-state index is 0.130. The molecule has 2 rings (SSSR count). The van der Waals surface area contributed by atoms with Crippen LogP contribution in [0.4, 0.5) is 0 Å². The van der Waals surface area contributed by atoms with Gasteiger partial charge in [-0.3, -0.25) is 0 Å². The predicted molar refractivity (Wildman–Crippen MR) is 137 cm³/mol. The van der Waals surface area contributed by atoms with Crippen molar-refractivity contribution in [3.8, 4) is 17.2 Å². The monoisotopic (exact) mass is 533 g/mol. The van der Waals surface area contributed by atoms with Crippen LogP contribution in [0.2, 0.25) is 10.0 Å². The normalized spacial score (nSPS) is 11.0. The van der Waals surface area contributed by atoms with Crippen molar-refractivity contribution in [2.75, 3.05) is 26.4 Å². The second kappa shape index (κ2) is 15.2. The summed E-state index contributed by atoms with van der Waals surface area (Å²) in [5, 5.41) is 4.69. The molecule has 33 heavy (non-hydrogen) atoms. The third-order valence-corrected chi connectivity index (χ3v) is 4.95. The van der Waals surface area contributed by atoms with Gasteiger partial charge in [-0.15, -0.1) is 0 Å². The van der Waals surface area contributed by atoms with E-state index in [1.807, 2.05) is 24.3 Å². The summed E-state index contributed by atoms with van der Waals surface area (Å²) < 4.78 is 17.1. The maximum absolute atomic E-state index is 6.26. The van der Waals surface area contributed by atoms with Crippen LogP contribution in [0.3, 0.4) is 0 Å². The Morgan fingerprint density at radius 1 is 0.909 bits per heavy atom. The zero-order valence-electron chi connectivity index (χ0n) is 18.5. The summed E-state index contributed by atoms with van der Waals surface area (Å²) in [4.78, 5) is 5.20. The van der Waals surface area contributed by atoms with Crippen molar-refractivity contribution in [1.82, 2.24) is 0 Å². The Hall–Kier alpha value is -1.79. The molecule has 0 radical (unpaired) electrons. The van der Waals surface area contributed by atoms with Crippen LogP contribution in [0, 0.1) is 5.92 Å². The Balaban J connectivity index is 1.67. The van der Waals surface area contributed by atoms with Crippen molar-refractivity contribution in [2.45, 2.75) is 26.7 Å². The van der Waals surface area contributed by atoms with Crippen molar-refractivity contribution in [3.63, 3.8) is 0 Å². The maximum atomic E-state index is 6.26. The first-order valence-electron chi connectivity index (χ1n) is 10.5. The van der Waals surface area contributed by atoms with Crippen LogP contribution < -0.4 is 14.2 Å². The average molecular weight is 535 g/mol. The van der Waals surface area contributed by atoms with Gasteiger partial charge in [-0.05, 0) is 54.7 Å². The van der Waals surface area contributed by atoms with Crippen molar-refractivity contribution >= 4 is 52.6 Å². The Morgan fingerprint density at radius 3 is 2.15 bits per heavy atom. The first kappa shape index (κ1) is 27.5. The van der Waals surface area contributed by atoms with Crippen LogP contribution in [-0.4, -0.2) is 32.6 Å². The van der Waals surface area contributed by atoms with E-state index in [2.05, 4.69) is 19.0 Å². The standard InChI is InChI=1S/C24H27Cl4NO4/c1-17(2)16-33-29-15-18-5-7-19(8-6-18)30-10-3-4-11-32-24-21(25)13-20(14-22(24)26)31-12-9-23(27)28/h5-9,13-15,17H,3-4,10-12,16H2,1-2H3/b29-15+. The zero-order chi connectivity index (χ0) is 24.1. The number of rotatable bonds is 14. The average Bonchev–Trinajstić information content (AvgIpc) is 2.75. The van der Waals surface area contributed by atoms with E-state index >= 15 is 0 Å². The molecule has 0 aliphatic rings. The molecule has 0 aliphatic heterocycles. The maximum Gasteiger partial charge on any atom is 0.156 e. The molecule has 0 aliphatic carbocycles. The smallest absolute Gasteiger partial charge is 0.156 e. The lowest BCUT2D eigenvalue weighted by Crippen LogP contribution is -2.03. The van der Waals surface area contributed by atoms with Crippen LogP contribution in [0.25, 0.3) is 0 Å². The molecular weight excluding hydrogens is 508 g/mol. The van der Waals surface area contributed by atoms with Gasteiger partial charge in [0.25, 0.3) is 0 Å². The molecule has 0 atom stereocenters. The highest BCUT2D eigenvalue weighted by Gasteiger charge is 2.10. The summed E-state index contributed by atoms with van der Waals surface area (Å²) in [5.74, 6) is 2.16. The van der Waals surface area contributed by atoms with Crippen molar-refractivity contribution in [2.24, 2.45) is 11.1 Å². The van der Waals surface area contributed by atoms with Gasteiger partial charge < -0.3 is 19.0 Å². The molecule has 0 unspecified atom stereocenters. The summed E-state index contributed by atoms with van der Waals surface area (Å²) in [7, 11) is 0. The van der Waals surface area contributed by atoms with Crippen LogP contribution in [-0.2, 0) is 4.84 Å². The molecule has 5 nitrogen and oxygen atoms in total. The molecule has 0 N–H and O–H groups in total. The molecule has 0 bridgehead atoms. The van der Waals surface area contributed by atoms with Crippen LogP contribution >= 0.6 is 46.4 Å². The van der Waals surface area contributed by atoms with E-state index in [1.54, 1.807) is 18.3 Å². The highest BCUT2D eigenvalue weighted by atomic mass is 35.5. The van der Waals surface area contributed by atoms with E-state index < -0.39 is 0 Å². The molecule has 0 saturated heterocycles. The molecular formula is C24H27Cl4NO4. The number of oxime groups is 1. The third kappa shape index (κ3) is 11.3. The van der Waals surface area contributed by atoms with Gasteiger partial charge in [0.05, 0.1) is 29.5 Å². The zero-order valence-corrected chi connectivity index (χ0v) is 21.6. The van der Waals surface area contributed by atoms with Gasteiger partial charge in [0.15, 0.2) is 5.75 Å². The fourth-order valence-electron chi connectivity index (χ4n) is 2.47. The van der Waals surface area contributed by atoms with Gasteiger partial charge in [0.1, 0.15) is 29.2 Å². The third-order valence-electron chi connectivity index (χ3n) is 4.08. The number of halogens is 4. The molecule has 0 aromatic heterocycles. The SMILES string of the molecule is CC(C)CO/N=C/c1ccc(OCCCCOc2c(Cl)cc(OCC=C(Cl)Cl)cc2Cl)cc1. The van der Waals surface area contributed by atoms with Gasteiger partial charge in [-0.1, -0.05) is 65.4 Å². The van der Waals surface area contributed by atoms with Gasteiger partial charge in [0.2, 0.25) is 0 Å². The largest absolute Gasteiger partial charge is 0.494 e. The second-order valence-corrected chi connectivity index (χ2v) is 9.24. The minimum Gasteiger partial charge on any atom is -0.494 e. The lowest BCUT2D eigenvalue weighted by Gasteiger charge is -2.12. The molecule has 0 amide bonds. The fraction of sp³-hybridized carbons (Fsp3) is 0.375. The molecule has 2 aromatic carbocycles. The first-order valence-corrected chi connectivity index (χ1v) is 12.0. The van der Waals surface area contributed by atoms with Crippen LogP contribution in [0.15, 0.2) is 52.1 Å². The molecule has 9 heteroatoms. The first-order chi connectivity index (χ1) is 15.8. The van der Waals surface area contributed by atoms with Gasteiger partial charge in [0, 0.05) is 12.1 Å². The van der Waals surface area contributed by atoms with Crippen molar-refractivity contribution in [1.29, 1.82) is 0 Å². The summed E-state index contributed by atoms with van der Waals surface area (Å²) in [6.07, 6.45) is 4.80. The predicted octanol–water partition coefficient (Wildman–Crippen LogP) is 7.94. The second-order valence-electron chi connectivity index (χ2n) is 7.42. The molecule has 0 spiro atoms. The quantitative estimate of drug-likeness (QED) is 0.140. The van der Waals surface area contributed by atoms with Crippen molar-refractivity contribution < 1.29 is 19.0 Å². The number of unbranched alkanes of at least 4 members (excludes halogenated alkanes) is 1. The number of nitrogens with zero attached hydrogens (tertiary/aromatic N) is 1. The van der Waals surface area contributed by atoms with E-state index in [-0.39, 0.29) is 11.1 Å². The summed E-state index contributed by atoms with van der Waals surface area (Å²) in [5.41, 5.74) is 0.948. The number of benzene rings is 2. The Kier molecular flexibility index (Phi) is 12.6.